The van der Waals surface area contributed by atoms with Gasteiger partial charge in [-0.2, -0.15) is 0 Å². The second kappa shape index (κ2) is 15.6. The standard InChI is InChI=1S/C39H49N3O8/c1-7-9-15-31(44)40-25(5)34(26-13-11-10-12-14-26)49-38(47)32-30-20-21-39(50-30)33(32)36(45)42(29(23-43)24(3)4)35(39)37(46)41(22-8-2)27-16-18-28(48-6)19-17-27/h7-8,10-14,16-19,24-25,29-30,32-35,43H,1-2,9,15,20-23H2,3-6H3,(H,40,44)/t25-,29-,30+,32-,33-,34-,35+,39-/m0/s1. The fourth-order valence-corrected chi connectivity index (χ4v) is 7.92. The number of fused-ring (bicyclic) bond motifs is 1. The summed E-state index contributed by atoms with van der Waals surface area (Å²) < 4.78 is 18.2. The van der Waals surface area contributed by atoms with Crippen LogP contribution in [0.3, 0.4) is 0 Å². The van der Waals surface area contributed by atoms with Gasteiger partial charge in [0.2, 0.25) is 11.8 Å². The van der Waals surface area contributed by atoms with Crippen molar-refractivity contribution >= 4 is 29.4 Å². The molecule has 3 aliphatic rings. The van der Waals surface area contributed by atoms with Gasteiger partial charge in [0.1, 0.15) is 23.5 Å². The van der Waals surface area contributed by atoms with E-state index in [9.17, 15) is 24.3 Å². The summed E-state index contributed by atoms with van der Waals surface area (Å²) in [5.74, 6) is -3.24. The molecule has 0 aliphatic carbocycles. The summed E-state index contributed by atoms with van der Waals surface area (Å²) >= 11 is 0. The number of aliphatic hydroxyl groups excluding tert-OH is 1. The Morgan fingerprint density at radius 2 is 1.80 bits per heavy atom. The van der Waals surface area contributed by atoms with Crippen LogP contribution in [0.1, 0.15) is 58.1 Å². The normalized spacial score (nSPS) is 25.4. The number of nitrogens with zero attached hydrogens (tertiary/aromatic N) is 2. The van der Waals surface area contributed by atoms with Gasteiger partial charge in [-0.15, -0.1) is 13.2 Å². The number of hydrogen-bond acceptors (Lipinski definition) is 8. The monoisotopic (exact) mass is 687 g/mol. The number of carbonyl (C=O) groups is 4. The van der Waals surface area contributed by atoms with E-state index in [0.717, 1.165) is 0 Å². The maximum Gasteiger partial charge on any atom is 0.313 e. The lowest BCUT2D eigenvalue weighted by Gasteiger charge is -2.40. The lowest BCUT2D eigenvalue weighted by molar-refractivity contribution is -0.162. The number of nitrogens with one attached hydrogen (secondary N) is 1. The Morgan fingerprint density at radius 1 is 1.10 bits per heavy atom. The van der Waals surface area contributed by atoms with Crippen molar-refractivity contribution < 1.29 is 38.5 Å². The van der Waals surface area contributed by atoms with Crippen molar-refractivity contribution in [2.24, 2.45) is 17.8 Å². The maximum atomic E-state index is 14.8. The van der Waals surface area contributed by atoms with Crippen LogP contribution < -0.4 is 15.0 Å². The minimum Gasteiger partial charge on any atom is -0.497 e. The highest BCUT2D eigenvalue weighted by Crippen LogP contribution is 2.59. The van der Waals surface area contributed by atoms with Crippen LogP contribution in [0.25, 0.3) is 0 Å². The molecule has 2 N–H and O–H groups in total. The SMILES string of the molecule is C=CCCC(=O)N[C@@H](C)[C@H](OC(=O)[C@@H]1[C@H]2C(=O)N([C@@H](CO)C(C)C)[C@H](C(=O)N(CC=C)c3ccc(OC)cc3)[C@]23CC[C@H]1O3)c1ccccc1. The molecule has 3 fully saturated rings. The first-order chi connectivity index (χ1) is 24.0. The molecule has 0 aromatic heterocycles. The smallest absolute Gasteiger partial charge is 0.313 e. The first-order valence-electron chi connectivity index (χ1n) is 17.4. The van der Waals surface area contributed by atoms with E-state index in [-0.39, 0.29) is 31.4 Å². The van der Waals surface area contributed by atoms with Crippen molar-refractivity contribution in [2.45, 2.75) is 82.4 Å². The zero-order valence-corrected chi connectivity index (χ0v) is 29.3. The number of rotatable bonds is 16. The number of benzene rings is 2. The van der Waals surface area contributed by atoms with Gasteiger partial charge < -0.3 is 34.4 Å². The van der Waals surface area contributed by atoms with Gasteiger partial charge in [-0.25, -0.2) is 0 Å². The van der Waals surface area contributed by atoms with Crippen LogP contribution in [0.15, 0.2) is 79.9 Å². The van der Waals surface area contributed by atoms with Crippen LogP contribution in [0.2, 0.25) is 0 Å². The summed E-state index contributed by atoms with van der Waals surface area (Å²) in [5.41, 5.74) is -0.0570. The van der Waals surface area contributed by atoms with Crippen molar-refractivity contribution in [3.05, 3.63) is 85.5 Å². The van der Waals surface area contributed by atoms with Crippen LogP contribution in [-0.4, -0.2) is 83.8 Å². The fraction of sp³-hybridized carbons (Fsp3) is 0.487. The van der Waals surface area contributed by atoms with Crippen LogP contribution in [0, 0.1) is 17.8 Å². The maximum absolute atomic E-state index is 14.8. The number of likely N-dealkylation sites (tertiary alicyclic amines) is 1. The Labute approximate surface area is 294 Å². The molecule has 11 nitrogen and oxygen atoms in total. The fourth-order valence-electron chi connectivity index (χ4n) is 7.92. The molecule has 5 rings (SSSR count). The Kier molecular flexibility index (Phi) is 11.5. The van der Waals surface area contributed by atoms with Crippen LogP contribution in [0.5, 0.6) is 5.75 Å². The van der Waals surface area contributed by atoms with Gasteiger partial charge in [0.25, 0.3) is 5.91 Å². The summed E-state index contributed by atoms with van der Waals surface area (Å²) in [6, 6.07) is 13.7. The quantitative estimate of drug-likeness (QED) is 0.197. The van der Waals surface area contributed by atoms with Gasteiger partial charge in [-0.1, -0.05) is 56.3 Å². The number of ether oxygens (including phenoxy) is 3. The topological polar surface area (TPSA) is 135 Å². The Hall–Kier alpha value is -4.48. The molecule has 2 aromatic carbocycles. The van der Waals surface area contributed by atoms with E-state index in [0.29, 0.717) is 36.3 Å². The molecular formula is C39H49N3O8. The van der Waals surface area contributed by atoms with Gasteiger partial charge in [-0.3, -0.25) is 19.2 Å². The minimum atomic E-state index is -1.32. The van der Waals surface area contributed by atoms with Crippen LogP contribution in [-0.2, 0) is 28.7 Å². The Bertz CT molecular complexity index is 1560. The predicted octanol–water partition coefficient (Wildman–Crippen LogP) is 4.36. The molecule has 8 atom stereocenters. The summed E-state index contributed by atoms with van der Waals surface area (Å²) in [7, 11) is 1.56. The zero-order valence-electron chi connectivity index (χ0n) is 29.3. The van der Waals surface area contributed by atoms with E-state index in [1.807, 2.05) is 44.2 Å². The van der Waals surface area contributed by atoms with Crippen LogP contribution in [0.4, 0.5) is 5.69 Å². The summed E-state index contributed by atoms with van der Waals surface area (Å²) in [5, 5.41) is 13.6. The number of esters is 1. The molecule has 3 heterocycles. The van der Waals surface area contributed by atoms with E-state index in [4.69, 9.17) is 14.2 Å². The van der Waals surface area contributed by atoms with E-state index in [1.165, 1.54) is 4.90 Å². The van der Waals surface area contributed by atoms with Crippen LogP contribution >= 0.6 is 0 Å². The molecule has 0 radical (unpaired) electrons. The minimum absolute atomic E-state index is 0.153. The highest BCUT2D eigenvalue weighted by molar-refractivity contribution is 6.05. The summed E-state index contributed by atoms with van der Waals surface area (Å²) in [6.45, 7) is 12.9. The highest BCUT2D eigenvalue weighted by atomic mass is 16.6. The highest BCUT2D eigenvalue weighted by Gasteiger charge is 2.76. The Morgan fingerprint density at radius 3 is 2.40 bits per heavy atom. The van der Waals surface area contributed by atoms with Crippen molar-refractivity contribution in [3.63, 3.8) is 0 Å². The van der Waals surface area contributed by atoms with Gasteiger partial charge in [0, 0.05) is 18.7 Å². The number of aliphatic hydroxyl groups is 1. The van der Waals surface area contributed by atoms with Gasteiger partial charge in [0.05, 0.1) is 43.7 Å². The zero-order chi connectivity index (χ0) is 36.2. The molecule has 3 aliphatic heterocycles. The van der Waals surface area contributed by atoms with Gasteiger partial charge in [0.15, 0.2) is 0 Å². The van der Waals surface area contributed by atoms with Gasteiger partial charge in [-0.05, 0) is 61.9 Å². The lowest BCUT2D eigenvalue weighted by Crippen LogP contribution is -2.59. The molecule has 2 bridgehead atoms. The third kappa shape index (κ3) is 6.81. The molecule has 0 unspecified atom stereocenters. The molecule has 1 spiro atoms. The summed E-state index contributed by atoms with van der Waals surface area (Å²) in [4.78, 5) is 59.6. The van der Waals surface area contributed by atoms with Crippen molar-refractivity contribution in [2.75, 3.05) is 25.2 Å². The lowest BCUT2D eigenvalue weighted by atomic mass is 9.70. The van der Waals surface area contributed by atoms with Crippen molar-refractivity contribution in [1.29, 1.82) is 0 Å². The Balaban J connectivity index is 1.51. The van der Waals surface area contributed by atoms with E-state index >= 15 is 0 Å². The first-order valence-corrected chi connectivity index (χ1v) is 17.4. The summed E-state index contributed by atoms with van der Waals surface area (Å²) in [6.07, 6.45) is 3.35. The molecule has 3 saturated heterocycles. The average Bonchev–Trinajstić information content (AvgIpc) is 3.76. The van der Waals surface area contributed by atoms with Gasteiger partial charge >= 0.3 is 5.97 Å². The van der Waals surface area contributed by atoms with E-state index < -0.39 is 65.6 Å². The van der Waals surface area contributed by atoms with E-state index in [1.54, 1.807) is 55.4 Å². The third-order valence-corrected chi connectivity index (χ3v) is 10.3. The van der Waals surface area contributed by atoms with Crippen molar-refractivity contribution in [3.8, 4) is 5.75 Å². The number of hydrogen-bond donors (Lipinski definition) is 2. The number of allylic oxidation sites excluding steroid dienone is 1. The molecule has 2 aromatic rings. The molecule has 11 heteroatoms. The number of methoxy groups -OCH3 is 1. The number of anilines is 1. The largest absolute Gasteiger partial charge is 0.497 e. The predicted molar refractivity (Wildman–Crippen MR) is 188 cm³/mol. The first kappa shape index (κ1) is 36.8. The van der Waals surface area contributed by atoms with E-state index in [2.05, 4.69) is 18.5 Å². The number of carbonyl (C=O) groups excluding carboxylic acids is 4. The second-order valence-corrected chi connectivity index (χ2v) is 13.7. The molecule has 3 amide bonds. The third-order valence-electron chi connectivity index (χ3n) is 10.3. The molecular weight excluding hydrogens is 638 g/mol. The average molecular weight is 688 g/mol. The second-order valence-electron chi connectivity index (χ2n) is 13.7. The molecule has 268 valence electrons. The van der Waals surface area contributed by atoms with Crippen molar-refractivity contribution in [1.82, 2.24) is 10.2 Å². The number of amides is 3. The molecule has 50 heavy (non-hydrogen) atoms. The molecule has 0 saturated carbocycles.